The minimum Gasteiger partial charge on any atom is -0.341 e. The minimum absolute atomic E-state index is 0.0652. The van der Waals surface area contributed by atoms with Crippen molar-refractivity contribution in [1.82, 2.24) is 10.2 Å². The molecule has 0 spiro atoms. The second kappa shape index (κ2) is 5.48. The maximum atomic E-state index is 12.8. The molecule has 0 unspecified atom stereocenters. The highest BCUT2D eigenvalue weighted by atomic mass is 19.1. The van der Waals surface area contributed by atoms with Crippen molar-refractivity contribution >= 4 is 5.91 Å². The first-order valence-corrected chi connectivity index (χ1v) is 6.28. The fourth-order valence-corrected chi connectivity index (χ4v) is 2.37. The van der Waals surface area contributed by atoms with Gasteiger partial charge in [-0.15, -0.1) is 0 Å². The van der Waals surface area contributed by atoms with Crippen molar-refractivity contribution in [3.8, 4) is 0 Å². The summed E-state index contributed by atoms with van der Waals surface area (Å²) in [6, 6.07) is 6.28. The lowest BCUT2D eigenvalue weighted by Gasteiger charge is -2.23. The minimum atomic E-state index is -0.249. The van der Waals surface area contributed by atoms with Crippen LogP contribution >= 0.6 is 0 Å². The van der Waals surface area contributed by atoms with Crippen molar-refractivity contribution in [2.45, 2.75) is 13.5 Å². The predicted octanol–water partition coefficient (Wildman–Crippen LogP) is 1.64. The Morgan fingerprint density at radius 3 is 2.61 bits per heavy atom. The zero-order valence-corrected chi connectivity index (χ0v) is 10.8. The maximum absolute atomic E-state index is 12.8. The lowest BCUT2D eigenvalue weighted by Crippen LogP contribution is -2.35. The molecule has 18 heavy (non-hydrogen) atoms. The van der Waals surface area contributed by atoms with Gasteiger partial charge in [-0.05, 0) is 30.2 Å². The number of rotatable bonds is 3. The molecule has 1 aliphatic rings. The molecule has 1 saturated heterocycles. The Hall–Kier alpha value is -1.42. The van der Waals surface area contributed by atoms with Gasteiger partial charge in [-0.25, -0.2) is 4.39 Å². The van der Waals surface area contributed by atoms with Crippen molar-refractivity contribution in [3.05, 3.63) is 35.6 Å². The third-order valence-electron chi connectivity index (χ3n) is 3.54. The molecule has 0 saturated carbocycles. The van der Waals surface area contributed by atoms with Gasteiger partial charge in [-0.1, -0.05) is 19.1 Å². The largest absolute Gasteiger partial charge is 0.341 e. The van der Waals surface area contributed by atoms with E-state index in [1.807, 2.05) is 0 Å². The summed E-state index contributed by atoms with van der Waals surface area (Å²) in [6.07, 6.45) is 0. The van der Waals surface area contributed by atoms with Crippen LogP contribution in [0, 0.1) is 17.7 Å². The quantitative estimate of drug-likeness (QED) is 0.884. The fraction of sp³-hybridized carbons (Fsp3) is 0.500. The van der Waals surface area contributed by atoms with Crippen LogP contribution < -0.4 is 5.32 Å². The van der Waals surface area contributed by atoms with Crippen molar-refractivity contribution in [1.29, 1.82) is 0 Å². The Morgan fingerprint density at radius 1 is 1.39 bits per heavy atom. The smallest absolute Gasteiger partial charge is 0.227 e. The molecule has 1 amide bonds. The van der Waals surface area contributed by atoms with E-state index in [4.69, 9.17) is 0 Å². The van der Waals surface area contributed by atoms with Gasteiger partial charge in [0.25, 0.3) is 0 Å². The summed E-state index contributed by atoms with van der Waals surface area (Å²) in [5, 5.41) is 3.23. The van der Waals surface area contributed by atoms with Crippen LogP contribution in [-0.4, -0.2) is 30.9 Å². The molecule has 0 aromatic heterocycles. The second-order valence-corrected chi connectivity index (χ2v) is 5.06. The standard InChI is InChI=1S/C14H19FN2O/c1-10-7-16-8-13(10)14(18)17(2)9-11-3-5-12(15)6-4-11/h3-6,10,13,16H,7-9H2,1-2H3/t10-,13-/m1/s1. The SMILES string of the molecule is C[C@@H]1CNC[C@H]1C(=O)N(C)Cc1ccc(F)cc1. The van der Waals surface area contributed by atoms with Crippen molar-refractivity contribution < 1.29 is 9.18 Å². The molecule has 0 aliphatic carbocycles. The van der Waals surface area contributed by atoms with Gasteiger partial charge in [0.05, 0.1) is 5.92 Å². The van der Waals surface area contributed by atoms with Gasteiger partial charge >= 0.3 is 0 Å². The van der Waals surface area contributed by atoms with Crippen LogP contribution in [0.2, 0.25) is 0 Å². The molecule has 0 bridgehead atoms. The molecular weight excluding hydrogens is 231 g/mol. The summed E-state index contributed by atoms with van der Waals surface area (Å²) in [6.45, 7) is 4.28. The summed E-state index contributed by atoms with van der Waals surface area (Å²) in [7, 11) is 1.80. The third-order valence-corrected chi connectivity index (χ3v) is 3.54. The number of hydrogen-bond acceptors (Lipinski definition) is 2. The predicted molar refractivity (Wildman–Crippen MR) is 68.4 cm³/mol. The van der Waals surface area contributed by atoms with Gasteiger partial charge in [0.15, 0.2) is 0 Å². The van der Waals surface area contributed by atoms with Crippen molar-refractivity contribution in [3.63, 3.8) is 0 Å². The number of halogens is 1. The third kappa shape index (κ3) is 2.88. The number of nitrogens with zero attached hydrogens (tertiary/aromatic N) is 1. The average Bonchev–Trinajstić information content (AvgIpc) is 2.77. The molecule has 98 valence electrons. The van der Waals surface area contributed by atoms with Gasteiger partial charge in [-0.2, -0.15) is 0 Å². The zero-order chi connectivity index (χ0) is 13.1. The van der Waals surface area contributed by atoms with Crippen LogP contribution in [0.15, 0.2) is 24.3 Å². The van der Waals surface area contributed by atoms with Crippen LogP contribution in [0.25, 0.3) is 0 Å². The van der Waals surface area contributed by atoms with E-state index in [1.165, 1.54) is 12.1 Å². The van der Waals surface area contributed by atoms with Crippen molar-refractivity contribution in [2.24, 2.45) is 11.8 Å². The number of hydrogen-bond donors (Lipinski definition) is 1. The number of carbonyl (C=O) groups excluding carboxylic acids is 1. The summed E-state index contributed by atoms with van der Waals surface area (Å²) in [4.78, 5) is 14.0. The Balaban J connectivity index is 1.97. The highest BCUT2D eigenvalue weighted by molar-refractivity contribution is 5.79. The summed E-state index contributed by atoms with van der Waals surface area (Å²) < 4.78 is 12.8. The number of nitrogens with one attached hydrogen (secondary N) is 1. The van der Waals surface area contributed by atoms with Gasteiger partial charge in [0.1, 0.15) is 5.82 Å². The van der Waals surface area contributed by atoms with E-state index in [9.17, 15) is 9.18 Å². The summed E-state index contributed by atoms with van der Waals surface area (Å²) in [5.74, 6) is 0.363. The first-order valence-electron chi connectivity index (χ1n) is 6.28. The van der Waals surface area contributed by atoms with Gasteiger partial charge < -0.3 is 10.2 Å². The molecule has 2 rings (SSSR count). The molecule has 1 aromatic carbocycles. The number of amides is 1. The first kappa shape index (κ1) is 13.0. The Bertz CT molecular complexity index is 418. The Labute approximate surface area is 107 Å². The molecule has 2 atom stereocenters. The van der Waals surface area contributed by atoms with Crippen molar-refractivity contribution in [2.75, 3.05) is 20.1 Å². The summed E-state index contributed by atoms with van der Waals surface area (Å²) >= 11 is 0. The molecule has 0 radical (unpaired) electrons. The van der Waals surface area contributed by atoms with Crippen LogP contribution in [0.1, 0.15) is 12.5 Å². The Kier molecular flexibility index (Phi) is 3.97. The van der Waals surface area contributed by atoms with E-state index in [0.29, 0.717) is 12.5 Å². The number of carbonyl (C=O) groups is 1. The monoisotopic (exact) mass is 250 g/mol. The highest BCUT2D eigenvalue weighted by Gasteiger charge is 2.31. The molecule has 3 nitrogen and oxygen atoms in total. The van der Waals surface area contributed by atoms with Gasteiger partial charge in [0.2, 0.25) is 5.91 Å². The average molecular weight is 250 g/mol. The normalized spacial score (nSPS) is 23.1. The molecule has 4 heteroatoms. The molecule has 1 aromatic rings. The topological polar surface area (TPSA) is 32.3 Å². The van der Waals surface area contributed by atoms with Crippen LogP contribution in [0.5, 0.6) is 0 Å². The van der Waals surface area contributed by atoms with E-state index in [-0.39, 0.29) is 17.6 Å². The lowest BCUT2D eigenvalue weighted by molar-refractivity contribution is -0.135. The molecule has 1 fully saturated rings. The van der Waals surface area contributed by atoms with E-state index in [0.717, 1.165) is 18.7 Å². The van der Waals surface area contributed by atoms with Crippen LogP contribution in [-0.2, 0) is 11.3 Å². The molecular formula is C14H19FN2O. The zero-order valence-electron chi connectivity index (χ0n) is 10.8. The van der Waals surface area contributed by atoms with E-state index >= 15 is 0 Å². The molecule has 1 heterocycles. The molecule has 1 N–H and O–H groups in total. The lowest BCUT2D eigenvalue weighted by atomic mass is 9.96. The maximum Gasteiger partial charge on any atom is 0.227 e. The van der Waals surface area contributed by atoms with E-state index in [2.05, 4.69) is 12.2 Å². The van der Waals surface area contributed by atoms with Crippen LogP contribution in [0.3, 0.4) is 0 Å². The van der Waals surface area contributed by atoms with E-state index < -0.39 is 0 Å². The second-order valence-electron chi connectivity index (χ2n) is 5.06. The van der Waals surface area contributed by atoms with Gasteiger partial charge in [-0.3, -0.25) is 4.79 Å². The van der Waals surface area contributed by atoms with Crippen LogP contribution in [0.4, 0.5) is 4.39 Å². The first-order chi connectivity index (χ1) is 8.58. The van der Waals surface area contributed by atoms with E-state index in [1.54, 1.807) is 24.1 Å². The molecule has 1 aliphatic heterocycles. The summed E-state index contributed by atoms with van der Waals surface area (Å²) in [5.41, 5.74) is 0.950. The number of benzene rings is 1. The Morgan fingerprint density at radius 2 is 2.06 bits per heavy atom. The van der Waals surface area contributed by atoms with Gasteiger partial charge in [0, 0.05) is 20.1 Å². The fourth-order valence-electron chi connectivity index (χ4n) is 2.37. The highest BCUT2D eigenvalue weighted by Crippen LogP contribution is 2.19.